The highest BCUT2D eigenvalue weighted by Gasteiger charge is 2.38. The number of likely N-dealkylation sites (tertiary alicyclic amines) is 1. The molecule has 2 amide bonds. The van der Waals surface area contributed by atoms with Gasteiger partial charge in [0, 0.05) is 29.3 Å². The fraction of sp³-hybridized carbons (Fsp3) is 0.500. The first-order valence-corrected chi connectivity index (χ1v) is 10.3. The Morgan fingerprint density at radius 2 is 1.96 bits per heavy atom. The van der Waals surface area contributed by atoms with Crippen molar-refractivity contribution >= 4 is 35.2 Å². The van der Waals surface area contributed by atoms with E-state index in [9.17, 15) is 9.59 Å². The van der Waals surface area contributed by atoms with Crippen LogP contribution in [0.25, 0.3) is 0 Å². The van der Waals surface area contributed by atoms with Crippen LogP contribution >= 0.6 is 23.2 Å². The summed E-state index contributed by atoms with van der Waals surface area (Å²) in [5, 5.41) is 3.76. The Balaban J connectivity index is 2.07. The van der Waals surface area contributed by atoms with Crippen LogP contribution in [-0.4, -0.2) is 55.1 Å². The number of carbonyl (C=O) groups is 2. The van der Waals surface area contributed by atoms with Crippen LogP contribution in [-0.2, 0) is 9.53 Å². The van der Waals surface area contributed by atoms with E-state index in [1.165, 1.54) is 11.3 Å². The number of nitrogens with zero attached hydrogens (tertiary/aromatic N) is 2. The van der Waals surface area contributed by atoms with Gasteiger partial charge in [0.25, 0.3) is 0 Å². The number of piperidine rings is 1. The van der Waals surface area contributed by atoms with Gasteiger partial charge in [0.1, 0.15) is 0 Å². The summed E-state index contributed by atoms with van der Waals surface area (Å²) in [7, 11) is 1.67. The standard InChI is InChI=1S/C20H25Cl2N3O3/c1-3-28-19(26)17-16(12-25-9-5-4-6-10-25)24(2)20(27)23-18(17)14-8-7-13(21)11-15(14)22/h7-8,11,18H,3-6,9-10,12H2,1-2H3,(H,23,27)/t18-/m0/s1. The molecule has 2 aliphatic heterocycles. The maximum Gasteiger partial charge on any atom is 0.338 e. The molecule has 1 N–H and O–H groups in total. The second-order valence-corrected chi connectivity index (χ2v) is 7.87. The monoisotopic (exact) mass is 425 g/mol. The molecule has 28 heavy (non-hydrogen) atoms. The lowest BCUT2D eigenvalue weighted by Gasteiger charge is -2.37. The van der Waals surface area contributed by atoms with E-state index < -0.39 is 12.0 Å². The van der Waals surface area contributed by atoms with E-state index in [0.29, 0.717) is 33.4 Å². The molecule has 0 aliphatic carbocycles. The minimum Gasteiger partial charge on any atom is -0.463 e. The first-order valence-electron chi connectivity index (χ1n) is 9.54. The second kappa shape index (κ2) is 9.16. The molecule has 1 saturated heterocycles. The normalized spacial score (nSPS) is 20.9. The number of benzene rings is 1. The molecule has 6 nitrogen and oxygen atoms in total. The fourth-order valence-electron chi connectivity index (χ4n) is 3.70. The van der Waals surface area contributed by atoms with Gasteiger partial charge in [-0.1, -0.05) is 35.7 Å². The Morgan fingerprint density at radius 3 is 2.61 bits per heavy atom. The first kappa shape index (κ1) is 21.0. The number of hydrogen-bond acceptors (Lipinski definition) is 4. The van der Waals surface area contributed by atoms with Crippen LogP contribution in [0.15, 0.2) is 29.5 Å². The predicted molar refractivity (Wildman–Crippen MR) is 109 cm³/mol. The van der Waals surface area contributed by atoms with Gasteiger partial charge in [-0.3, -0.25) is 9.80 Å². The van der Waals surface area contributed by atoms with Crippen LogP contribution < -0.4 is 5.32 Å². The quantitative estimate of drug-likeness (QED) is 0.724. The number of esters is 1. The number of amides is 2. The average Bonchev–Trinajstić information content (AvgIpc) is 2.66. The van der Waals surface area contributed by atoms with Crippen molar-refractivity contribution in [2.24, 2.45) is 0 Å². The van der Waals surface area contributed by atoms with Crippen LogP contribution in [0.3, 0.4) is 0 Å². The fourth-order valence-corrected chi connectivity index (χ4v) is 4.21. The van der Waals surface area contributed by atoms with E-state index in [1.54, 1.807) is 32.2 Å². The van der Waals surface area contributed by atoms with E-state index in [2.05, 4.69) is 10.2 Å². The minimum absolute atomic E-state index is 0.248. The first-order chi connectivity index (χ1) is 13.4. The van der Waals surface area contributed by atoms with Crippen molar-refractivity contribution in [3.8, 4) is 0 Å². The van der Waals surface area contributed by atoms with Gasteiger partial charge in [0.15, 0.2) is 0 Å². The number of urea groups is 1. The molecule has 2 heterocycles. The molecule has 0 aromatic heterocycles. The third-order valence-electron chi connectivity index (χ3n) is 5.17. The van der Waals surface area contributed by atoms with Crippen LogP contribution in [0, 0.1) is 0 Å². The Kier molecular flexibility index (Phi) is 6.86. The molecule has 0 saturated carbocycles. The zero-order valence-corrected chi connectivity index (χ0v) is 17.6. The van der Waals surface area contributed by atoms with E-state index in [-0.39, 0.29) is 12.6 Å². The summed E-state index contributed by atoms with van der Waals surface area (Å²) in [5.41, 5.74) is 1.69. The molecule has 0 radical (unpaired) electrons. The Morgan fingerprint density at radius 1 is 1.25 bits per heavy atom. The lowest BCUT2D eigenvalue weighted by molar-refractivity contribution is -0.139. The average molecular weight is 426 g/mol. The second-order valence-electron chi connectivity index (χ2n) is 7.03. The number of hydrogen-bond donors (Lipinski definition) is 1. The molecule has 2 aliphatic rings. The molecular weight excluding hydrogens is 401 g/mol. The summed E-state index contributed by atoms with van der Waals surface area (Å²) < 4.78 is 5.34. The molecule has 1 aromatic rings. The molecule has 0 bridgehead atoms. The van der Waals surface area contributed by atoms with E-state index >= 15 is 0 Å². The van der Waals surface area contributed by atoms with Gasteiger partial charge in [-0.2, -0.15) is 0 Å². The molecule has 8 heteroatoms. The Hall–Kier alpha value is -1.76. The number of likely N-dealkylation sites (N-methyl/N-ethyl adjacent to an activating group) is 1. The van der Waals surface area contributed by atoms with Gasteiger partial charge in [0.05, 0.1) is 18.2 Å². The summed E-state index contributed by atoms with van der Waals surface area (Å²) in [5.74, 6) is -0.447. The molecule has 1 fully saturated rings. The zero-order valence-electron chi connectivity index (χ0n) is 16.1. The summed E-state index contributed by atoms with van der Waals surface area (Å²) >= 11 is 12.4. The Labute approximate surface area is 175 Å². The van der Waals surface area contributed by atoms with Gasteiger partial charge in [-0.15, -0.1) is 0 Å². The topological polar surface area (TPSA) is 61.9 Å². The molecule has 152 valence electrons. The number of nitrogens with one attached hydrogen (secondary N) is 1. The smallest absolute Gasteiger partial charge is 0.338 e. The third kappa shape index (κ3) is 4.45. The van der Waals surface area contributed by atoms with Gasteiger partial charge < -0.3 is 10.1 Å². The SMILES string of the molecule is CCOC(=O)C1=C(CN2CCCCC2)N(C)C(=O)N[C@H]1c1ccc(Cl)cc1Cl. The van der Waals surface area contributed by atoms with Crippen molar-refractivity contribution < 1.29 is 14.3 Å². The molecule has 1 aromatic carbocycles. The molecular formula is C20H25Cl2N3O3. The number of rotatable bonds is 5. The maximum atomic E-state index is 12.9. The molecule has 1 atom stereocenters. The minimum atomic E-state index is -0.688. The van der Waals surface area contributed by atoms with Crippen molar-refractivity contribution in [2.75, 3.05) is 33.3 Å². The lowest BCUT2D eigenvalue weighted by Crippen LogP contribution is -2.49. The van der Waals surface area contributed by atoms with Crippen molar-refractivity contribution in [3.05, 3.63) is 45.1 Å². The highest BCUT2D eigenvalue weighted by atomic mass is 35.5. The summed E-state index contributed by atoms with van der Waals surface area (Å²) in [4.78, 5) is 29.4. The van der Waals surface area contributed by atoms with Crippen LogP contribution in [0.5, 0.6) is 0 Å². The van der Waals surface area contributed by atoms with Gasteiger partial charge in [0.2, 0.25) is 0 Å². The van der Waals surface area contributed by atoms with Gasteiger partial charge >= 0.3 is 12.0 Å². The highest BCUT2D eigenvalue weighted by molar-refractivity contribution is 6.35. The number of carbonyl (C=O) groups excluding carboxylic acids is 2. The van der Waals surface area contributed by atoms with Crippen molar-refractivity contribution in [2.45, 2.75) is 32.2 Å². The number of ether oxygens (including phenoxy) is 1. The number of halogens is 2. The zero-order chi connectivity index (χ0) is 20.3. The highest BCUT2D eigenvalue weighted by Crippen LogP contribution is 2.36. The van der Waals surface area contributed by atoms with Crippen LogP contribution in [0.1, 0.15) is 37.8 Å². The van der Waals surface area contributed by atoms with Gasteiger partial charge in [-0.05, 0) is 50.6 Å². The molecule has 0 unspecified atom stereocenters. The summed E-state index contributed by atoms with van der Waals surface area (Å²) in [6.45, 7) is 4.42. The van der Waals surface area contributed by atoms with Crippen molar-refractivity contribution in [3.63, 3.8) is 0 Å². The van der Waals surface area contributed by atoms with Crippen molar-refractivity contribution in [1.29, 1.82) is 0 Å². The largest absolute Gasteiger partial charge is 0.463 e. The summed E-state index contributed by atoms with van der Waals surface area (Å²) in [6, 6.07) is 4.07. The van der Waals surface area contributed by atoms with Crippen LogP contribution in [0.4, 0.5) is 4.79 Å². The van der Waals surface area contributed by atoms with E-state index in [1.807, 2.05) is 0 Å². The molecule has 0 spiro atoms. The van der Waals surface area contributed by atoms with Crippen molar-refractivity contribution in [1.82, 2.24) is 15.1 Å². The third-order valence-corrected chi connectivity index (χ3v) is 5.73. The van der Waals surface area contributed by atoms with Gasteiger partial charge in [-0.25, -0.2) is 9.59 Å². The van der Waals surface area contributed by atoms with E-state index in [4.69, 9.17) is 27.9 Å². The van der Waals surface area contributed by atoms with Crippen LogP contribution in [0.2, 0.25) is 10.0 Å². The summed E-state index contributed by atoms with van der Waals surface area (Å²) in [6.07, 6.45) is 3.44. The predicted octanol–water partition coefficient (Wildman–Crippen LogP) is 3.99. The Bertz CT molecular complexity index is 791. The maximum absolute atomic E-state index is 12.9. The lowest BCUT2D eigenvalue weighted by atomic mass is 9.94. The van der Waals surface area contributed by atoms with E-state index in [0.717, 1.165) is 25.9 Å². The molecule has 3 rings (SSSR count).